The molecular weight excluding hydrogens is 264 g/mol. The van der Waals surface area contributed by atoms with Crippen molar-refractivity contribution >= 4 is 12.3 Å². The van der Waals surface area contributed by atoms with Gasteiger partial charge in [-0.2, -0.15) is 19.4 Å². The Bertz CT molecular complexity index is 251. The second-order valence-electron chi connectivity index (χ2n) is 4.54. The first-order chi connectivity index (χ1) is 9.57. The highest BCUT2D eigenvalue weighted by molar-refractivity contribution is 5.63. The molecule has 0 aliphatic heterocycles. The van der Waals surface area contributed by atoms with Crippen molar-refractivity contribution in [2.75, 3.05) is 0 Å². The molecule has 0 heterocycles. The summed E-state index contributed by atoms with van der Waals surface area (Å²) in [6.07, 6.45) is 2.13. The lowest BCUT2D eigenvalue weighted by atomic mass is 10.2. The maximum atomic E-state index is 11.3. The van der Waals surface area contributed by atoms with E-state index in [0.29, 0.717) is 12.8 Å². The van der Waals surface area contributed by atoms with E-state index in [1.165, 1.54) is 0 Å². The van der Waals surface area contributed by atoms with E-state index in [9.17, 15) is 9.59 Å². The van der Waals surface area contributed by atoms with Gasteiger partial charge in [-0.15, -0.1) is 0 Å². The Kier molecular flexibility index (Phi) is 10.5. The standard InChI is InChI=1S/C14H26O6/c1-5-9-11(7-3)17-13(15)19-20-14(16)18-12(8-4)10-6-2/h11-12H,5-10H2,1-4H3. The van der Waals surface area contributed by atoms with Crippen LogP contribution in [0.4, 0.5) is 9.59 Å². The predicted octanol–water partition coefficient (Wildman–Crippen LogP) is 4.37. The molecule has 6 nitrogen and oxygen atoms in total. The van der Waals surface area contributed by atoms with Gasteiger partial charge in [0.25, 0.3) is 0 Å². The molecule has 0 radical (unpaired) electrons. The van der Waals surface area contributed by atoms with Crippen LogP contribution < -0.4 is 0 Å². The molecule has 0 rings (SSSR count). The second-order valence-corrected chi connectivity index (χ2v) is 4.54. The lowest BCUT2D eigenvalue weighted by Crippen LogP contribution is -2.22. The van der Waals surface area contributed by atoms with Crippen LogP contribution in [0.15, 0.2) is 0 Å². The zero-order valence-electron chi connectivity index (χ0n) is 12.8. The van der Waals surface area contributed by atoms with E-state index in [2.05, 4.69) is 9.78 Å². The minimum absolute atomic E-state index is 0.226. The van der Waals surface area contributed by atoms with Crippen LogP contribution in [0.5, 0.6) is 0 Å². The van der Waals surface area contributed by atoms with Gasteiger partial charge in [0.1, 0.15) is 12.2 Å². The third-order valence-electron chi connectivity index (χ3n) is 2.84. The monoisotopic (exact) mass is 290 g/mol. The lowest BCUT2D eigenvalue weighted by molar-refractivity contribution is -0.225. The molecule has 0 aliphatic rings. The van der Waals surface area contributed by atoms with Crippen LogP contribution in [0.2, 0.25) is 0 Å². The fourth-order valence-corrected chi connectivity index (χ4v) is 1.72. The normalized spacial score (nSPS) is 13.2. The molecule has 0 N–H and O–H groups in total. The zero-order chi connectivity index (χ0) is 15.4. The summed E-state index contributed by atoms with van der Waals surface area (Å²) in [6.45, 7) is 7.78. The highest BCUT2D eigenvalue weighted by atomic mass is 17.3. The molecule has 0 saturated heterocycles. The summed E-state index contributed by atoms with van der Waals surface area (Å²) in [4.78, 5) is 31.1. The largest absolute Gasteiger partial charge is 0.550 e. The van der Waals surface area contributed by atoms with Crippen LogP contribution in [0.3, 0.4) is 0 Å². The van der Waals surface area contributed by atoms with E-state index >= 15 is 0 Å². The molecule has 0 aromatic heterocycles. The Hall–Kier alpha value is -1.46. The van der Waals surface area contributed by atoms with Gasteiger partial charge in [0.2, 0.25) is 0 Å². The minimum Gasteiger partial charge on any atom is -0.428 e. The molecule has 0 aliphatic carbocycles. The number of hydrogen-bond donors (Lipinski definition) is 0. The van der Waals surface area contributed by atoms with Gasteiger partial charge in [0, 0.05) is 0 Å². The highest BCUT2D eigenvalue weighted by Crippen LogP contribution is 2.10. The van der Waals surface area contributed by atoms with Gasteiger partial charge in [-0.3, -0.25) is 0 Å². The number of carbonyl (C=O) groups excluding carboxylic acids is 2. The van der Waals surface area contributed by atoms with Gasteiger partial charge in [-0.1, -0.05) is 40.5 Å². The van der Waals surface area contributed by atoms with E-state index < -0.39 is 12.3 Å². The molecule has 0 saturated carbocycles. The lowest BCUT2D eigenvalue weighted by Gasteiger charge is -2.15. The third-order valence-corrected chi connectivity index (χ3v) is 2.84. The molecule has 0 fully saturated rings. The van der Waals surface area contributed by atoms with E-state index in [4.69, 9.17) is 9.47 Å². The molecule has 118 valence electrons. The van der Waals surface area contributed by atoms with Crippen molar-refractivity contribution in [2.45, 2.75) is 78.4 Å². The van der Waals surface area contributed by atoms with Crippen LogP contribution in [0.25, 0.3) is 0 Å². The SMILES string of the molecule is CCCC(CC)OC(=O)OOC(=O)OC(CC)CCC. The maximum absolute atomic E-state index is 11.3. The van der Waals surface area contributed by atoms with E-state index in [0.717, 1.165) is 25.7 Å². The van der Waals surface area contributed by atoms with Gasteiger partial charge < -0.3 is 9.47 Å². The second kappa shape index (κ2) is 11.4. The van der Waals surface area contributed by atoms with Crippen molar-refractivity contribution in [3.63, 3.8) is 0 Å². The topological polar surface area (TPSA) is 71.1 Å². The molecular formula is C14H26O6. The number of ether oxygens (including phenoxy) is 2. The van der Waals surface area contributed by atoms with E-state index in [1.54, 1.807) is 0 Å². The molecule has 0 aromatic rings. The van der Waals surface area contributed by atoms with Crippen molar-refractivity contribution < 1.29 is 28.8 Å². The number of rotatable bonds is 8. The fourth-order valence-electron chi connectivity index (χ4n) is 1.72. The molecule has 0 bridgehead atoms. The first-order valence-corrected chi connectivity index (χ1v) is 7.32. The first kappa shape index (κ1) is 18.5. The Labute approximate surface area is 120 Å². The maximum Gasteiger partial charge on any atom is 0.550 e. The summed E-state index contributed by atoms with van der Waals surface area (Å²) < 4.78 is 9.95. The molecule has 20 heavy (non-hydrogen) atoms. The smallest absolute Gasteiger partial charge is 0.428 e. The van der Waals surface area contributed by atoms with Crippen molar-refractivity contribution in [1.82, 2.24) is 0 Å². The summed E-state index contributed by atoms with van der Waals surface area (Å²) in [5.74, 6) is 0. The van der Waals surface area contributed by atoms with Crippen LogP contribution in [0, 0.1) is 0 Å². The minimum atomic E-state index is -1.02. The zero-order valence-corrected chi connectivity index (χ0v) is 12.8. The van der Waals surface area contributed by atoms with Crippen LogP contribution >= 0.6 is 0 Å². The Morgan fingerprint density at radius 2 is 1.10 bits per heavy atom. The average molecular weight is 290 g/mol. The van der Waals surface area contributed by atoms with Crippen molar-refractivity contribution in [1.29, 1.82) is 0 Å². The van der Waals surface area contributed by atoms with Gasteiger partial charge >= 0.3 is 12.3 Å². The van der Waals surface area contributed by atoms with Gasteiger partial charge in [0.15, 0.2) is 0 Å². The van der Waals surface area contributed by atoms with Gasteiger partial charge in [-0.05, 0) is 25.7 Å². The Morgan fingerprint density at radius 3 is 1.35 bits per heavy atom. The summed E-state index contributed by atoms with van der Waals surface area (Å²) in [7, 11) is 0. The number of carbonyl (C=O) groups is 2. The third kappa shape index (κ3) is 8.61. The van der Waals surface area contributed by atoms with Crippen molar-refractivity contribution in [2.24, 2.45) is 0 Å². The quantitative estimate of drug-likeness (QED) is 0.375. The summed E-state index contributed by atoms with van der Waals surface area (Å²) in [5, 5.41) is 0. The predicted molar refractivity (Wildman–Crippen MR) is 73.1 cm³/mol. The molecule has 6 heteroatoms. The van der Waals surface area contributed by atoms with Crippen molar-refractivity contribution in [3.05, 3.63) is 0 Å². The average Bonchev–Trinajstić information content (AvgIpc) is 2.44. The highest BCUT2D eigenvalue weighted by Gasteiger charge is 2.18. The molecule has 2 unspecified atom stereocenters. The molecule has 0 aromatic carbocycles. The fraction of sp³-hybridized carbons (Fsp3) is 0.857. The summed E-state index contributed by atoms with van der Waals surface area (Å²) in [5.41, 5.74) is 0. The van der Waals surface area contributed by atoms with E-state index in [-0.39, 0.29) is 12.2 Å². The summed E-state index contributed by atoms with van der Waals surface area (Å²) in [6, 6.07) is 0. The first-order valence-electron chi connectivity index (χ1n) is 7.32. The Morgan fingerprint density at radius 1 is 0.750 bits per heavy atom. The molecule has 2 atom stereocenters. The summed E-state index contributed by atoms with van der Waals surface area (Å²) >= 11 is 0. The van der Waals surface area contributed by atoms with Crippen molar-refractivity contribution in [3.8, 4) is 0 Å². The Balaban J connectivity index is 3.95. The van der Waals surface area contributed by atoms with Gasteiger partial charge in [0.05, 0.1) is 0 Å². The molecule has 0 amide bonds. The van der Waals surface area contributed by atoms with Crippen LogP contribution in [0.1, 0.15) is 66.2 Å². The molecule has 0 spiro atoms. The van der Waals surface area contributed by atoms with Crippen LogP contribution in [-0.2, 0) is 19.2 Å². The van der Waals surface area contributed by atoms with Crippen LogP contribution in [-0.4, -0.2) is 24.5 Å². The van der Waals surface area contributed by atoms with Gasteiger partial charge in [-0.25, -0.2) is 0 Å². The van der Waals surface area contributed by atoms with E-state index in [1.807, 2.05) is 27.7 Å². The number of hydrogen-bond acceptors (Lipinski definition) is 6.